The molecule has 2 aromatic rings. The van der Waals surface area contributed by atoms with Crippen molar-refractivity contribution >= 4 is 66.6 Å². The van der Waals surface area contributed by atoms with Gasteiger partial charge in [0, 0.05) is 8.27 Å². The Bertz CT molecular complexity index is 525. The van der Waals surface area contributed by atoms with Crippen LogP contribution in [0.2, 0.25) is 0 Å². The molecule has 0 bridgehead atoms. The summed E-state index contributed by atoms with van der Waals surface area (Å²) in [5.41, 5.74) is 1.19. The van der Waals surface area contributed by atoms with Crippen LogP contribution in [-0.2, 0) is 6.42 Å². The van der Waals surface area contributed by atoms with E-state index in [1.165, 1.54) is 22.1 Å². The molecule has 0 radical (unpaired) electrons. The van der Waals surface area contributed by atoms with E-state index in [0.717, 1.165) is 0 Å². The fourth-order valence-corrected chi connectivity index (χ4v) is 3.95. The monoisotopic (exact) mass is 425 g/mol. The van der Waals surface area contributed by atoms with Crippen LogP contribution >= 0.6 is 56.5 Å². The maximum atomic E-state index is 8.74. The van der Waals surface area contributed by atoms with Crippen molar-refractivity contribution in [1.82, 2.24) is 0 Å². The lowest BCUT2D eigenvalue weighted by molar-refractivity contribution is 1.29. The van der Waals surface area contributed by atoms with Gasteiger partial charge in [0.25, 0.3) is 0 Å². The van der Waals surface area contributed by atoms with E-state index >= 15 is 0 Å². The van der Waals surface area contributed by atoms with Crippen molar-refractivity contribution in [2.75, 3.05) is 0 Å². The van der Waals surface area contributed by atoms with E-state index in [9.17, 15) is 0 Å². The standard InChI is InChI=1S/C10H5I2NS/c11-6-1-2-9-8(5-6)7(3-4-13)10(12)14-9/h1-2,5H,3H2. The van der Waals surface area contributed by atoms with E-state index in [1.807, 2.05) is 0 Å². The fourth-order valence-electron chi connectivity index (χ4n) is 1.33. The summed E-state index contributed by atoms with van der Waals surface area (Å²) in [6.07, 6.45) is 0.512. The van der Waals surface area contributed by atoms with Gasteiger partial charge in [-0.1, -0.05) is 0 Å². The average Bonchev–Trinajstić information content (AvgIpc) is 2.45. The summed E-state index contributed by atoms with van der Waals surface area (Å²) in [5, 5.41) is 9.98. The van der Waals surface area contributed by atoms with Gasteiger partial charge in [0.15, 0.2) is 0 Å². The van der Waals surface area contributed by atoms with E-state index in [-0.39, 0.29) is 0 Å². The van der Waals surface area contributed by atoms with E-state index < -0.39 is 0 Å². The average molecular weight is 425 g/mol. The molecule has 4 heteroatoms. The lowest BCUT2D eigenvalue weighted by Crippen LogP contribution is -1.81. The SMILES string of the molecule is N#CCc1c(I)sc2ccc(I)cc12. The van der Waals surface area contributed by atoms with Gasteiger partial charge in [0.05, 0.1) is 15.4 Å². The number of hydrogen-bond donors (Lipinski definition) is 0. The number of nitriles is 1. The molecule has 0 unspecified atom stereocenters. The minimum atomic E-state index is 0.512. The first-order chi connectivity index (χ1) is 6.72. The van der Waals surface area contributed by atoms with Crippen molar-refractivity contribution in [3.8, 4) is 6.07 Å². The van der Waals surface area contributed by atoms with Crippen molar-refractivity contribution in [1.29, 1.82) is 5.26 Å². The molecule has 0 saturated carbocycles. The van der Waals surface area contributed by atoms with E-state index in [4.69, 9.17) is 5.26 Å². The van der Waals surface area contributed by atoms with Crippen LogP contribution in [0.1, 0.15) is 5.56 Å². The molecule has 0 atom stereocenters. The number of nitrogens with zero attached hydrogens (tertiary/aromatic N) is 1. The highest BCUT2D eigenvalue weighted by Gasteiger charge is 2.09. The van der Waals surface area contributed by atoms with Crippen LogP contribution in [0.3, 0.4) is 0 Å². The molecule has 0 aliphatic rings. The Kier molecular flexibility index (Phi) is 3.29. The van der Waals surface area contributed by atoms with E-state index in [2.05, 4.69) is 69.5 Å². The first-order valence-corrected chi connectivity index (χ1v) is 6.93. The normalized spacial score (nSPS) is 10.4. The zero-order chi connectivity index (χ0) is 10.1. The number of hydrogen-bond acceptors (Lipinski definition) is 2. The van der Waals surface area contributed by atoms with E-state index in [0.29, 0.717) is 6.42 Å². The summed E-state index contributed by atoms with van der Waals surface area (Å²) in [4.78, 5) is 0. The first kappa shape index (κ1) is 10.6. The Labute approximate surface area is 113 Å². The van der Waals surface area contributed by atoms with Crippen molar-refractivity contribution in [2.45, 2.75) is 6.42 Å². The molecule has 1 aromatic carbocycles. The molecule has 0 N–H and O–H groups in total. The predicted molar refractivity (Wildman–Crippen MR) is 76.6 cm³/mol. The molecule has 1 heterocycles. The van der Waals surface area contributed by atoms with Crippen molar-refractivity contribution in [3.05, 3.63) is 30.2 Å². The third kappa shape index (κ3) is 1.90. The zero-order valence-corrected chi connectivity index (χ0v) is 12.2. The summed E-state index contributed by atoms with van der Waals surface area (Å²) in [6.45, 7) is 0. The summed E-state index contributed by atoms with van der Waals surface area (Å²) >= 11 is 6.37. The van der Waals surface area contributed by atoms with Crippen LogP contribution < -0.4 is 0 Å². The third-order valence-electron chi connectivity index (χ3n) is 1.96. The van der Waals surface area contributed by atoms with Gasteiger partial charge in [-0.3, -0.25) is 0 Å². The number of halogens is 2. The summed E-state index contributed by atoms with van der Waals surface area (Å²) in [7, 11) is 0. The van der Waals surface area contributed by atoms with Gasteiger partial charge in [-0.05, 0) is 74.3 Å². The molecule has 0 fully saturated rings. The Morgan fingerprint density at radius 1 is 1.36 bits per heavy atom. The molecule has 0 amide bonds. The van der Waals surface area contributed by atoms with E-state index in [1.54, 1.807) is 11.3 Å². The largest absolute Gasteiger partial charge is 0.198 e. The maximum Gasteiger partial charge on any atom is 0.0708 e. The highest BCUT2D eigenvalue weighted by Crippen LogP contribution is 2.33. The molecule has 0 spiro atoms. The molecule has 1 aromatic heterocycles. The molecular formula is C10H5I2NS. The molecule has 14 heavy (non-hydrogen) atoms. The quantitative estimate of drug-likeness (QED) is 0.630. The lowest BCUT2D eigenvalue weighted by atomic mass is 10.1. The van der Waals surface area contributed by atoms with Crippen LogP contribution in [0, 0.1) is 17.8 Å². The highest BCUT2D eigenvalue weighted by molar-refractivity contribution is 14.1. The third-order valence-corrected chi connectivity index (χ3v) is 4.94. The van der Waals surface area contributed by atoms with Crippen molar-refractivity contribution in [2.24, 2.45) is 0 Å². The molecule has 1 nitrogen and oxygen atoms in total. The second kappa shape index (κ2) is 4.33. The zero-order valence-electron chi connectivity index (χ0n) is 7.05. The predicted octanol–water partition coefficient (Wildman–Crippen LogP) is 4.18. The van der Waals surface area contributed by atoms with Crippen molar-refractivity contribution in [3.63, 3.8) is 0 Å². The first-order valence-electron chi connectivity index (χ1n) is 3.95. The number of benzene rings is 1. The van der Waals surface area contributed by atoms with Gasteiger partial charge in [0.2, 0.25) is 0 Å². The molecule has 0 aliphatic carbocycles. The molecule has 70 valence electrons. The Morgan fingerprint density at radius 2 is 2.14 bits per heavy atom. The Hall–Kier alpha value is 0.130. The van der Waals surface area contributed by atoms with Gasteiger partial charge in [-0.2, -0.15) is 5.26 Å². The van der Waals surface area contributed by atoms with Gasteiger partial charge < -0.3 is 0 Å². The van der Waals surface area contributed by atoms with Crippen LogP contribution in [-0.4, -0.2) is 0 Å². The van der Waals surface area contributed by atoms with Gasteiger partial charge >= 0.3 is 0 Å². The number of thiophene rings is 1. The van der Waals surface area contributed by atoms with Gasteiger partial charge in [0.1, 0.15) is 0 Å². The van der Waals surface area contributed by atoms with Crippen LogP contribution in [0.25, 0.3) is 10.1 Å². The topological polar surface area (TPSA) is 23.8 Å². The Morgan fingerprint density at radius 3 is 2.86 bits per heavy atom. The fraction of sp³-hybridized carbons (Fsp3) is 0.100. The van der Waals surface area contributed by atoms with Crippen LogP contribution in [0.5, 0.6) is 0 Å². The summed E-state index contributed by atoms with van der Waals surface area (Å²) in [6, 6.07) is 8.61. The maximum absolute atomic E-state index is 8.74. The molecule has 2 rings (SSSR count). The lowest BCUT2D eigenvalue weighted by Gasteiger charge is -1.94. The molecule has 0 aliphatic heterocycles. The van der Waals surface area contributed by atoms with Crippen molar-refractivity contribution < 1.29 is 0 Å². The minimum absolute atomic E-state index is 0.512. The second-order valence-electron chi connectivity index (χ2n) is 2.83. The number of fused-ring (bicyclic) bond motifs is 1. The Balaban J connectivity index is 2.74. The number of rotatable bonds is 1. The minimum Gasteiger partial charge on any atom is -0.198 e. The molecular weight excluding hydrogens is 420 g/mol. The smallest absolute Gasteiger partial charge is 0.0708 e. The summed E-state index contributed by atoms with van der Waals surface area (Å²) < 4.78 is 3.74. The summed E-state index contributed by atoms with van der Waals surface area (Å²) in [5.74, 6) is 0. The highest BCUT2D eigenvalue weighted by atomic mass is 127. The second-order valence-corrected chi connectivity index (χ2v) is 6.94. The molecule has 0 saturated heterocycles. The van der Waals surface area contributed by atoms with Gasteiger partial charge in [-0.15, -0.1) is 11.3 Å². The van der Waals surface area contributed by atoms with Gasteiger partial charge in [-0.25, -0.2) is 0 Å². The van der Waals surface area contributed by atoms with Crippen LogP contribution in [0.4, 0.5) is 0 Å². The van der Waals surface area contributed by atoms with Crippen LogP contribution in [0.15, 0.2) is 18.2 Å².